The highest BCUT2D eigenvalue weighted by Gasteiger charge is 2.16. The topological polar surface area (TPSA) is 71.4 Å². The number of nitrogens with one attached hydrogen (secondary N) is 2. The molecule has 0 bridgehead atoms. The zero-order valence-corrected chi connectivity index (χ0v) is 16.3. The van der Waals surface area contributed by atoms with E-state index in [4.69, 9.17) is 4.74 Å². The van der Waals surface area contributed by atoms with Crippen molar-refractivity contribution in [2.45, 2.75) is 51.7 Å². The minimum Gasteiger partial charge on any atom is -0.474 e. The molecule has 1 fully saturated rings. The quantitative estimate of drug-likeness (QED) is 0.576. The molecule has 0 unspecified atom stereocenters. The van der Waals surface area contributed by atoms with Crippen LogP contribution in [0.3, 0.4) is 0 Å². The van der Waals surface area contributed by atoms with Crippen LogP contribution in [0, 0.1) is 6.92 Å². The number of aromatic nitrogens is 2. The lowest BCUT2D eigenvalue weighted by atomic mass is 10.3. The van der Waals surface area contributed by atoms with Crippen LogP contribution in [0.2, 0.25) is 0 Å². The molecule has 0 saturated heterocycles. The summed E-state index contributed by atoms with van der Waals surface area (Å²) in [4.78, 5) is 14.3. The summed E-state index contributed by atoms with van der Waals surface area (Å²) in [6.07, 6.45) is 9.84. The summed E-state index contributed by atoms with van der Waals surface area (Å²) in [6, 6.07) is 4.01. The fraction of sp³-hybridized carbons (Fsp3) is 0.526. The van der Waals surface area contributed by atoms with Crippen LogP contribution < -0.4 is 15.4 Å². The Hall–Kier alpha value is -2.15. The van der Waals surface area contributed by atoms with Crippen molar-refractivity contribution in [1.82, 2.24) is 20.6 Å². The van der Waals surface area contributed by atoms with Crippen LogP contribution in [0.4, 0.5) is 0 Å². The molecule has 2 aromatic heterocycles. The molecule has 0 aliphatic heterocycles. The van der Waals surface area contributed by atoms with Gasteiger partial charge in [0.1, 0.15) is 6.10 Å². The van der Waals surface area contributed by atoms with Gasteiger partial charge in [0.25, 0.3) is 0 Å². The Kier molecular flexibility index (Phi) is 6.82. The van der Waals surface area contributed by atoms with Crippen molar-refractivity contribution in [3.63, 3.8) is 0 Å². The van der Waals surface area contributed by atoms with Gasteiger partial charge in [0.2, 0.25) is 5.88 Å². The molecule has 140 valence electrons. The van der Waals surface area contributed by atoms with Crippen molar-refractivity contribution in [3.8, 4) is 5.88 Å². The van der Waals surface area contributed by atoms with Crippen LogP contribution in [0.1, 0.15) is 41.1 Å². The highest BCUT2D eigenvalue weighted by atomic mass is 32.1. The van der Waals surface area contributed by atoms with E-state index in [0.29, 0.717) is 12.6 Å². The fourth-order valence-corrected chi connectivity index (χ4v) is 3.76. The van der Waals surface area contributed by atoms with Crippen molar-refractivity contribution in [3.05, 3.63) is 40.0 Å². The average molecular weight is 374 g/mol. The lowest BCUT2D eigenvalue weighted by molar-refractivity contribution is 0.201. The molecule has 0 atom stereocenters. The van der Waals surface area contributed by atoms with Crippen molar-refractivity contribution >= 4 is 17.3 Å². The third-order valence-electron chi connectivity index (χ3n) is 4.37. The lowest BCUT2D eigenvalue weighted by Crippen LogP contribution is -2.37. The van der Waals surface area contributed by atoms with Gasteiger partial charge in [0.15, 0.2) is 5.96 Å². The number of ether oxygens (including phenoxy) is 1. The van der Waals surface area contributed by atoms with E-state index in [1.165, 1.54) is 17.7 Å². The molecule has 2 N–H and O–H groups in total. The second kappa shape index (κ2) is 9.52. The Morgan fingerprint density at radius 3 is 2.73 bits per heavy atom. The normalized spacial score (nSPS) is 15.2. The molecule has 0 spiro atoms. The van der Waals surface area contributed by atoms with Crippen molar-refractivity contribution in [2.24, 2.45) is 4.99 Å². The van der Waals surface area contributed by atoms with E-state index in [-0.39, 0.29) is 0 Å². The van der Waals surface area contributed by atoms with Gasteiger partial charge < -0.3 is 15.4 Å². The molecule has 0 amide bonds. The van der Waals surface area contributed by atoms with Gasteiger partial charge in [0.05, 0.1) is 5.01 Å². The van der Waals surface area contributed by atoms with Crippen LogP contribution in [0.15, 0.2) is 29.5 Å². The smallest absolute Gasteiger partial charge is 0.213 e. The SMILES string of the molecule is CN=C(NCCc1ncc(C)s1)NCc1ccc(OC2CCCC2)nc1. The summed E-state index contributed by atoms with van der Waals surface area (Å²) < 4.78 is 5.90. The fourth-order valence-electron chi connectivity index (χ4n) is 2.97. The zero-order valence-electron chi connectivity index (χ0n) is 15.5. The number of hydrogen-bond donors (Lipinski definition) is 2. The molecule has 3 rings (SSSR count). The molecular formula is C19H27N5OS. The summed E-state index contributed by atoms with van der Waals surface area (Å²) in [6.45, 7) is 3.55. The maximum absolute atomic E-state index is 5.90. The Balaban J connectivity index is 1.40. The third-order valence-corrected chi connectivity index (χ3v) is 5.34. The molecule has 0 aromatic carbocycles. The molecule has 1 aliphatic carbocycles. The molecule has 2 aromatic rings. The first kappa shape index (κ1) is 18.6. The number of aliphatic imine (C=N–C) groups is 1. The summed E-state index contributed by atoms with van der Waals surface area (Å²) in [7, 11) is 1.78. The van der Waals surface area contributed by atoms with E-state index in [1.807, 2.05) is 18.5 Å². The van der Waals surface area contributed by atoms with Gasteiger partial charge in [-0.1, -0.05) is 6.07 Å². The van der Waals surface area contributed by atoms with E-state index < -0.39 is 0 Å². The van der Waals surface area contributed by atoms with E-state index in [2.05, 4.69) is 38.6 Å². The summed E-state index contributed by atoms with van der Waals surface area (Å²) in [5.41, 5.74) is 1.10. The van der Waals surface area contributed by atoms with Gasteiger partial charge in [-0.15, -0.1) is 11.3 Å². The maximum atomic E-state index is 5.90. The maximum Gasteiger partial charge on any atom is 0.213 e. The van der Waals surface area contributed by atoms with Crippen molar-refractivity contribution in [1.29, 1.82) is 0 Å². The Bertz CT molecular complexity index is 707. The average Bonchev–Trinajstić information content (AvgIpc) is 3.31. The van der Waals surface area contributed by atoms with E-state index >= 15 is 0 Å². The minimum atomic E-state index is 0.344. The number of nitrogens with zero attached hydrogens (tertiary/aromatic N) is 3. The second-order valence-electron chi connectivity index (χ2n) is 6.50. The van der Waals surface area contributed by atoms with E-state index in [9.17, 15) is 0 Å². The summed E-state index contributed by atoms with van der Waals surface area (Å²) in [5.74, 6) is 1.51. The summed E-state index contributed by atoms with van der Waals surface area (Å²) in [5, 5.41) is 7.77. The molecule has 26 heavy (non-hydrogen) atoms. The number of guanidine groups is 1. The van der Waals surface area contributed by atoms with Crippen LogP contribution >= 0.6 is 11.3 Å². The first-order valence-corrected chi connectivity index (χ1v) is 10.0. The number of aryl methyl sites for hydroxylation is 1. The van der Waals surface area contributed by atoms with Gasteiger partial charge in [-0.05, 0) is 38.2 Å². The molecule has 6 nitrogen and oxygen atoms in total. The number of thiazole rings is 1. The number of hydrogen-bond acceptors (Lipinski definition) is 5. The monoisotopic (exact) mass is 373 g/mol. The number of pyridine rings is 1. The minimum absolute atomic E-state index is 0.344. The van der Waals surface area contributed by atoms with Crippen LogP contribution in [-0.2, 0) is 13.0 Å². The van der Waals surface area contributed by atoms with E-state index in [1.54, 1.807) is 18.4 Å². The zero-order chi connectivity index (χ0) is 18.2. The molecule has 2 heterocycles. The van der Waals surface area contributed by atoms with Crippen molar-refractivity contribution in [2.75, 3.05) is 13.6 Å². The van der Waals surface area contributed by atoms with Gasteiger partial charge in [-0.25, -0.2) is 9.97 Å². The standard InChI is InChI=1S/C19H27N5OS/c1-14-11-23-18(26-14)9-10-21-19(20-2)24-13-15-7-8-17(22-12-15)25-16-5-3-4-6-16/h7-8,11-12,16H,3-6,9-10,13H2,1-2H3,(H2,20,21,24). The van der Waals surface area contributed by atoms with E-state index in [0.717, 1.165) is 48.2 Å². The Labute approximate surface area is 159 Å². The molecular weight excluding hydrogens is 346 g/mol. The Morgan fingerprint density at radius 1 is 1.23 bits per heavy atom. The van der Waals surface area contributed by atoms with Gasteiger partial charge >= 0.3 is 0 Å². The lowest BCUT2D eigenvalue weighted by Gasteiger charge is -2.13. The number of rotatable bonds is 7. The van der Waals surface area contributed by atoms with Gasteiger partial charge in [-0.2, -0.15) is 0 Å². The molecule has 7 heteroatoms. The third kappa shape index (κ3) is 5.69. The second-order valence-corrected chi connectivity index (χ2v) is 7.82. The highest BCUT2D eigenvalue weighted by Crippen LogP contribution is 2.22. The van der Waals surface area contributed by atoms with Crippen LogP contribution in [0.25, 0.3) is 0 Å². The Morgan fingerprint density at radius 2 is 2.08 bits per heavy atom. The molecule has 1 saturated carbocycles. The largest absolute Gasteiger partial charge is 0.474 e. The van der Waals surface area contributed by atoms with Crippen LogP contribution in [-0.4, -0.2) is 35.6 Å². The predicted molar refractivity (Wildman–Crippen MR) is 106 cm³/mol. The van der Waals surface area contributed by atoms with Gasteiger partial charge in [-0.3, -0.25) is 4.99 Å². The molecule has 1 aliphatic rings. The summed E-state index contributed by atoms with van der Waals surface area (Å²) >= 11 is 1.74. The predicted octanol–water partition coefficient (Wildman–Crippen LogP) is 3.08. The molecule has 0 radical (unpaired) electrons. The first-order chi connectivity index (χ1) is 12.7. The van der Waals surface area contributed by atoms with Gasteiger partial charge in [0, 0.05) is 49.9 Å². The van der Waals surface area contributed by atoms with Crippen LogP contribution in [0.5, 0.6) is 5.88 Å². The first-order valence-electron chi connectivity index (χ1n) is 9.20. The van der Waals surface area contributed by atoms with Crippen molar-refractivity contribution < 1.29 is 4.74 Å². The highest BCUT2D eigenvalue weighted by molar-refractivity contribution is 7.11.